The molecule has 0 heterocycles. The fourth-order valence-electron chi connectivity index (χ4n) is 3.54. The first-order valence-electron chi connectivity index (χ1n) is 8.40. The number of esters is 1. The minimum absolute atomic E-state index is 0.0576. The van der Waals surface area contributed by atoms with Gasteiger partial charge < -0.3 is 9.84 Å². The summed E-state index contributed by atoms with van der Waals surface area (Å²) in [5.74, 6) is 0.928. The van der Waals surface area contributed by atoms with E-state index in [1.165, 1.54) is 18.4 Å². The van der Waals surface area contributed by atoms with Gasteiger partial charge >= 0.3 is 5.97 Å². The van der Waals surface area contributed by atoms with E-state index in [1.54, 1.807) is 0 Å². The number of ether oxygens (including phenoxy) is 1. The molecule has 130 valence electrons. The van der Waals surface area contributed by atoms with Crippen molar-refractivity contribution in [1.29, 1.82) is 0 Å². The van der Waals surface area contributed by atoms with Crippen LogP contribution in [0.5, 0.6) is 0 Å². The second-order valence-corrected chi connectivity index (χ2v) is 7.18. The molecule has 0 amide bonds. The lowest BCUT2D eigenvalue weighted by Gasteiger charge is -2.33. The Morgan fingerprint density at radius 1 is 1.39 bits per heavy atom. The van der Waals surface area contributed by atoms with Gasteiger partial charge in [0.05, 0.1) is 12.5 Å². The molecule has 1 saturated carbocycles. The maximum atomic E-state index is 12.6. The largest absolute Gasteiger partial charge is 0.466 e. The summed E-state index contributed by atoms with van der Waals surface area (Å²) in [6.45, 7) is 6.71. The predicted octanol–water partition coefficient (Wildman–Crippen LogP) is 4.84. The molecule has 0 aliphatic heterocycles. The predicted molar refractivity (Wildman–Crippen MR) is 97.5 cm³/mol. The molecule has 0 aromatic heterocycles. The molecule has 1 aromatic carbocycles. The van der Waals surface area contributed by atoms with Crippen LogP contribution >= 0.6 is 15.9 Å². The van der Waals surface area contributed by atoms with Crippen molar-refractivity contribution >= 4 is 21.9 Å². The molecule has 0 bridgehead atoms. The minimum Gasteiger partial charge on any atom is -0.466 e. The summed E-state index contributed by atoms with van der Waals surface area (Å²) in [6.07, 6.45) is 4.74. The van der Waals surface area contributed by atoms with Gasteiger partial charge in [-0.3, -0.25) is 4.79 Å². The van der Waals surface area contributed by atoms with Gasteiger partial charge in [-0.15, -0.1) is 0 Å². The molecule has 1 aliphatic carbocycles. The van der Waals surface area contributed by atoms with Crippen LogP contribution in [-0.2, 0) is 9.53 Å². The Hall–Kier alpha value is -0.870. The van der Waals surface area contributed by atoms with Crippen molar-refractivity contribution in [2.24, 2.45) is 11.8 Å². The second-order valence-electron chi connectivity index (χ2n) is 6.26. The molecule has 0 radical (unpaired) electrons. The Bertz CT molecular complexity index is 501. The van der Waals surface area contributed by atoms with Crippen LogP contribution in [0.1, 0.15) is 56.6 Å². The van der Waals surface area contributed by atoms with E-state index in [9.17, 15) is 4.79 Å². The summed E-state index contributed by atoms with van der Waals surface area (Å²) in [5.41, 5.74) is 2.30. The van der Waals surface area contributed by atoms with Crippen molar-refractivity contribution in [1.82, 2.24) is 0 Å². The van der Waals surface area contributed by atoms with Gasteiger partial charge in [-0.25, -0.2) is 0 Å². The quantitative estimate of drug-likeness (QED) is 0.755. The zero-order valence-corrected chi connectivity index (χ0v) is 16.2. The van der Waals surface area contributed by atoms with Gasteiger partial charge in [0.2, 0.25) is 0 Å². The van der Waals surface area contributed by atoms with Crippen LogP contribution in [0, 0.1) is 18.8 Å². The van der Waals surface area contributed by atoms with E-state index in [-0.39, 0.29) is 11.9 Å². The van der Waals surface area contributed by atoms with Crippen molar-refractivity contribution < 1.29 is 14.6 Å². The van der Waals surface area contributed by atoms with Gasteiger partial charge in [-0.05, 0) is 61.8 Å². The summed E-state index contributed by atoms with van der Waals surface area (Å²) in [5, 5.41) is 7.00. The Labute approximate surface area is 148 Å². The maximum Gasteiger partial charge on any atom is 0.313 e. The number of aryl methyl sites for hydroxylation is 1. The third kappa shape index (κ3) is 5.61. The zero-order chi connectivity index (χ0) is 17.4. The molecular formula is C19H29BrO3. The molecule has 1 aliphatic rings. The van der Waals surface area contributed by atoms with E-state index in [2.05, 4.69) is 41.9 Å². The SMILES string of the molecule is CCOC(=O)C(c1cc(Br)ccc1C)C1CCCC(C)C1.CO. The lowest BCUT2D eigenvalue weighted by molar-refractivity contribution is -0.146. The monoisotopic (exact) mass is 384 g/mol. The van der Waals surface area contributed by atoms with Crippen molar-refractivity contribution in [2.45, 2.75) is 52.4 Å². The molecule has 1 fully saturated rings. The van der Waals surface area contributed by atoms with Crippen molar-refractivity contribution in [3.05, 3.63) is 33.8 Å². The van der Waals surface area contributed by atoms with Gasteiger partial charge in [-0.2, -0.15) is 0 Å². The van der Waals surface area contributed by atoms with Crippen LogP contribution < -0.4 is 0 Å². The molecule has 3 atom stereocenters. The van der Waals surface area contributed by atoms with Crippen LogP contribution in [-0.4, -0.2) is 24.8 Å². The molecule has 23 heavy (non-hydrogen) atoms. The first kappa shape index (κ1) is 20.2. The van der Waals surface area contributed by atoms with Crippen LogP contribution in [0.4, 0.5) is 0 Å². The van der Waals surface area contributed by atoms with E-state index >= 15 is 0 Å². The molecule has 1 N–H and O–H groups in total. The van der Waals surface area contributed by atoms with Crippen LogP contribution in [0.25, 0.3) is 0 Å². The summed E-state index contributed by atoms with van der Waals surface area (Å²) >= 11 is 3.54. The standard InChI is InChI=1S/C18H25BrO2.CH4O/c1-4-21-18(20)17(14-7-5-6-12(2)10-14)16-11-15(19)9-8-13(16)3;1-2/h8-9,11-12,14,17H,4-7,10H2,1-3H3;2H,1H3. The fraction of sp³-hybridized carbons (Fsp3) is 0.632. The number of carbonyl (C=O) groups is 1. The number of benzene rings is 1. The topological polar surface area (TPSA) is 46.5 Å². The number of hydrogen-bond donors (Lipinski definition) is 1. The van der Waals surface area contributed by atoms with E-state index in [4.69, 9.17) is 9.84 Å². The van der Waals surface area contributed by atoms with Gasteiger partial charge in [0, 0.05) is 11.6 Å². The van der Waals surface area contributed by atoms with Crippen LogP contribution in [0.15, 0.2) is 22.7 Å². The summed E-state index contributed by atoms with van der Waals surface area (Å²) in [7, 11) is 1.00. The van der Waals surface area contributed by atoms with E-state index in [0.717, 1.165) is 30.0 Å². The maximum absolute atomic E-state index is 12.6. The fourth-order valence-corrected chi connectivity index (χ4v) is 3.91. The summed E-state index contributed by atoms with van der Waals surface area (Å²) < 4.78 is 6.42. The molecule has 3 nitrogen and oxygen atoms in total. The Kier molecular flexibility index (Phi) is 8.85. The number of hydrogen-bond acceptors (Lipinski definition) is 3. The average Bonchev–Trinajstić information content (AvgIpc) is 2.53. The van der Waals surface area contributed by atoms with E-state index in [0.29, 0.717) is 18.4 Å². The summed E-state index contributed by atoms with van der Waals surface area (Å²) in [4.78, 5) is 12.6. The number of halogens is 1. The molecule has 0 saturated heterocycles. The number of carbonyl (C=O) groups excluding carboxylic acids is 1. The number of rotatable bonds is 4. The average molecular weight is 385 g/mol. The van der Waals surface area contributed by atoms with Gasteiger partial charge in [0.15, 0.2) is 0 Å². The number of aliphatic hydroxyl groups excluding tert-OH is 1. The van der Waals surface area contributed by atoms with Crippen molar-refractivity contribution in [2.75, 3.05) is 13.7 Å². The zero-order valence-electron chi connectivity index (χ0n) is 14.6. The van der Waals surface area contributed by atoms with E-state index in [1.807, 2.05) is 13.0 Å². The summed E-state index contributed by atoms with van der Waals surface area (Å²) in [6, 6.07) is 6.21. The highest BCUT2D eigenvalue weighted by molar-refractivity contribution is 9.10. The Morgan fingerprint density at radius 2 is 2.09 bits per heavy atom. The lowest BCUT2D eigenvalue weighted by Crippen LogP contribution is -2.28. The third-order valence-corrected chi connectivity index (χ3v) is 5.06. The van der Waals surface area contributed by atoms with E-state index < -0.39 is 0 Å². The Balaban J connectivity index is 0.00000127. The molecule has 1 aromatic rings. The van der Waals surface area contributed by atoms with Gasteiger partial charge in [-0.1, -0.05) is 41.8 Å². The molecular weight excluding hydrogens is 356 g/mol. The van der Waals surface area contributed by atoms with Gasteiger partial charge in [0.25, 0.3) is 0 Å². The highest BCUT2D eigenvalue weighted by Gasteiger charge is 2.34. The lowest BCUT2D eigenvalue weighted by atomic mass is 9.72. The van der Waals surface area contributed by atoms with Crippen molar-refractivity contribution in [3.63, 3.8) is 0 Å². The third-order valence-electron chi connectivity index (χ3n) is 4.57. The first-order chi connectivity index (χ1) is 11.0. The Morgan fingerprint density at radius 3 is 2.70 bits per heavy atom. The normalized spacial score (nSPS) is 21.8. The minimum atomic E-state index is -0.120. The van der Waals surface area contributed by atoms with Crippen LogP contribution in [0.3, 0.4) is 0 Å². The molecule has 4 heteroatoms. The van der Waals surface area contributed by atoms with Crippen LogP contribution in [0.2, 0.25) is 0 Å². The highest BCUT2D eigenvalue weighted by Crippen LogP contribution is 2.40. The molecule has 2 rings (SSSR count). The molecule has 0 spiro atoms. The number of aliphatic hydroxyl groups is 1. The first-order valence-corrected chi connectivity index (χ1v) is 9.19. The molecule has 3 unspecified atom stereocenters. The smallest absolute Gasteiger partial charge is 0.313 e. The highest BCUT2D eigenvalue weighted by atomic mass is 79.9. The second kappa shape index (κ2) is 10.1. The van der Waals surface area contributed by atoms with Crippen molar-refractivity contribution in [3.8, 4) is 0 Å². The van der Waals surface area contributed by atoms with Gasteiger partial charge in [0.1, 0.15) is 0 Å².